The monoisotopic (exact) mass is 368 g/mol. The number of benzene rings is 1. The van der Waals surface area contributed by atoms with Gasteiger partial charge in [0.05, 0.1) is 14.2 Å². The fraction of sp³-hybridized carbons (Fsp3) is 0.316. The second-order valence-corrected chi connectivity index (χ2v) is 5.75. The van der Waals surface area contributed by atoms with Gasteiger partial charge in [-0.3, -0.25) is 9.39 Å². The van der Waals surface area contributed by atoms with Crippen LogP contribution in [-0.4, -0.2) is 47.9 Å². The van der Waals surface area contributed by atoms with E-state index in [4.69, 9.17) is 9.47 Å². The highest BCUT2D eigenvalue weighted by Gasteiger charge is 2.07. The Kier molecular flexibility index (Phi) is 6.09. The summed E-state index contributed by atoms with van der Waals surface area (Å²) < 4.78 is 12.6. The third-order valence-electron chi connectivity index (χ3n) is 3.98. The Hall–Kier alpha value is -3.29. The fourth-order valence-electron chi connectivity index (χ4n) is 2.69. The lowest BCUT2D eigenvalue weighted by molar-refractivity contribution is 0.355. The maximum atomic E-state index is 5.35. The fourth-order valence-corrected chi connectivity index (χ4v) is 2.69. The van der Waals surface area contributed by atoms with Crippen LogP contribution in [0.1, 0.15) is 12.7 Å². The molecule has 2 N–H and O–H groups in total. The predicted octanol–water partition coefficient (Wildman–Crippen LogP) is 2.37. The van der Waals surface area contributed by atoms with Crippen LogP contribution in [0, 0.1) is 0 Å². The molecule has 0 radical (unpaired) electrons. The summed E-state index contributed by atoms with van der Waals surface area (Å²) in [6.07, 6.45) is 2.65. The summed E-state index contributed by atoms with van der Waals surface area (Å²) in [7, 11) is 3.23. The molecule has 0 aliphatic carbocycles. The molecule has 0 saturated heterocycles. The first-order valence-electron chi connectivity index (χ1n) is 8.81. The topological polar surface area (TPSA) is 85.1 Å². The molecule has 0 aliphatic rings. The number of aromatic nitrogens is 3. The summed E-state index contributed by atoms with van der Waals surface area (Å²) in [4.78, 5) is 4.63. The Labute approximate surface area is 158 Å². The zero-order valence-electron chi connectivity index (χ0n) is 15.8. The van der Waals surface area contributed by atoms with Crippen molar-refractivity contribution < 1.29 is 9.47 Å². The van der Waals surface area contributed by atoms with Crippen LogP contribution in [0.25, 0.3) is 5.65 Å². The van der Waals surface area contributed by atoms with Crippen molar-refractivity contribution in [2.45, 2.75) is 13.3 Å². The molecule has 8 heteroatoms. The quantitative estimate of drug-likeness (QED) is 0.492. The number of rotatable bonds is 7. The normalized spacial score (nSPS) is 11.4. The molecule has 2 aromatic heterocycles. The van der Waals surface area contributed by atoms with Gasteiger partial charge in [0.1, 0.15) is 5.82 Å². The minimum absolute atomic E-state index is 0.582. The van der Waals surface area contributed by atoms with E-state index in [0.717, 1.165) is 23.7 Å². The Morgan fingerprint density at radius 1 is 1.11 bits per heavy atom. The molecule has 0 fully saturated rings. The van der Waals surface area contributed by atoms with E-state index < -0.39 is 0 Å². The number of methoxy groups -OCH3 is 2. The van der Waals surface area contributed by atoms with Crippen molar-refractivity contribution in [1.29, 1.82) is 0 Å². The lowest BCUT2D eigenvalue weighted by Crippen LogP contribution is -2.31. The van der Waals surface area contributed by atoms with Gasteiger partial charge in [0.25, 0.3) is 0 Å². The van der Waals surface area contributed by atoms with Gasteiger partial charge in [-0.05, 0) is 31.2 Å². The Balaban J connectivity index is 1.69. The van der Waals surface area contributed by atoms with Crippen molar-refractivity contribution in [1.82, 2.24) is 19.9 Å². The summed E-state index contributed by atoms with van der Waals surface area (Å²) >= 11 is 0. The summed E-state index contributed by atoms with van der Waals surface area (Å²) in [6.45, 7) is 3.36. The lowest BCUT2D eigenvalue weighted by Gasteiger charge is -2.13. The first kappa shape index (κ1) is 18.5. The van der Waals surface area contributed by atoms with Crippen LogP contribution in [0.2, 0.25) is 0 Å². The summed E-state index contributed by atoms with van der Waals surface area (Å²) in [5, 5.41) is 14.9. The van der Waals surface area contributed by atoms with Crippen molar-refractivity contribution in [3.05, 3.63) is 48.4 Å². The van der Waals surface area contributed by atoms with Gasteiger partial charge in [0, 0.05) is 37.5 Å². The van der Waals surface area contributed by atoms with Gasteiger partial charge in [-0.2, -0.15) is 0 Å². The molecule has 0 saturated carbocycles. The Morgan fingerprint density at radius 2 is 1.96 bits per heavy atom. The average Bonchev–Trinajstić information content (AvgIpc) is 3.11. The minimum atomic E-state index is 0.582. The number of aliphatic imine (C=N–C) groups is 1. The molecule has 3 rings (SSSR count). The number of fused-ring (bicyclic) bond motifs is 1. The molecular weight excluding hydrogens is 344 g/mol. The van der Waals surface area contributed by atoms with Crippen molar-refractivity contribution in [2.24, 2.45) is 4.99 Å². The molecule has 142 valence electrons. The van der Waals surface area contributed by atoms with Gasteiger partial charge in [-0.1, -0.05) is 6.07 Å². The number of nitrogens with one attached hydrogen (secondary N) is 2. The smallest absolute Gasteiger partial charge is 0.195 e. The molecule has 3 aromatic rings. The van der Waals surface area contributed by atoms with Crippen LogP contribution >= 0.6 is 0 Å². The van der Waals surface area contributed by atoms with Crippen LogP contribution in [-0.2, 0) is 6.42 Å². The summed E-state index contributed by atoms with van der Waals surface area (Å²) in [5.74, 6) is 2.92. The second kappa shape index (κ2) is 8.88. The zero-order chi connectivity index (χ0) is 19.1. The van der Waals surface area contributed by atoms with Gasteiger partial charge in [-0.25, -0.2) is 0 Å². The molecule has 0 bridgehead atoms. The van der Waals surface area contributed by atoms with Gasteiger partial charge in [0.2, 0.25) is 0 Å². The SMILES string of the molecule is CCNC(=NCCc1nnc2ccccn12)Nc1ccc(OC)c(OC)c1. The van der Waals surface area contributed by atoms with E-state index in [1.54, 1.807) is 14.2 Å². The Bertz CT molecular complexity index is 921. The molecule has 27 heavy (non-hydrogen) atoms. The first-order valence-corrected chi connectivity index (χ1v) is 8.81. The number of hydrogen-bond donors (Lipinski definition) is 2. The zero-order valence-corrected chi connectivity index (χ0v) is 15.8. The molecule has 0 aliphatic heterocycles. The lowest BCUT2D eigenvalue weighted by atomic mass is 10.3. The average molecular weight is 368 g/mol. The van der Waals surface area contributed by atoms with Crippen LogP contribution < -0.4 is 20.1 Å². The molecule has 0 atom stereocenters. The van der Waals surface area contributed by atoms with E-state index in [1.165, 1.54) is 0 Å². The number of ether oxygens (including phenoxy) is 2. The highest BCUT2D eigenvalue weighted by Crippen LogP contribution is 2.29. The highest BCUT2D eigenvalue weighted by atomic mass is 16.5. The molecular formula is C19H24N6O2. The summed E-state index contributed by atoms with van der Waals surface area (Å²) in [6, 6.07) is 11.5. The van der Waals surface area contributed by atoms with Crippen molar-refractivity contribution in [2.75, 3.05) is 32.6 Å². The minimum Gasteiger partial charge on any atom is -0.493 e. The van der Waals surface area contributed by atoms with Crippen LogP contribution in [0.5, 0.6) is 11.5 Å². The van der Waals surface area contributed by atoms with E-state index in [2.05, 4.69) is 25.8 Å². The molecule has 2 heterocycles. The van der Waals surface area contributed by atoms with Crippen LogP contribution in [0.3, 0.4) is 0 Å². The van der Waals surface area contributed by atoms with Gasteiger partial charge in [0.15, 0.2) is 23.1 Å². The number of nitrogens with zero attached hydrogens (tertiary/aromatic N) is 4. The number of pyridine rings is 1. The molecule has 1 aromatic carbocycles. The van der Waals surface area contributed by atoms with Gasteiger partial charge in [-0.15, -0.1) is 10.2 Å². The third-order valence-corrected chi connectivity index (χ3v) is 3.98. The van der Waals surface area contributed by atoms with Crippen LogP contribution in [0.15, 0.2) is 47.6 Å². The summed E-state index contributed by atoms with van der Waals surface area (Å²) in [5.41, 5.74) is 1.70. The van der Waals surface area contributed by atoms with E-state index in [9.17, 15) is 0 Å². The first-order chi connectivity index (χ1) is 13.2. The van der Waals surface area contributed by atoms with Crippen LogP contribution in [0.4, 0.5) is 5.69 Å². The number of hydrogen-bond acceptors (Lipinski definition) is 5. The number of anilines is 1. The standard InChI is InChI=1S/C19H24N6O2/c1-4-20-19(22-14-8-9-15(26-2)16(13-14)27-3)21-11-10-18-24-23-17-7-5-6-12-25(17)18/h5-9,12-13H,4,10-11H2,1-3H3,(H2,20,21,22). The maximum Gasteiger partial charge on any atom is 0.195 e. The van der Waals surface area contributed by atoms with E-state index >= 15 is 0 Å². The molecule has 0 spiro atoms. The molecule has 0 unspecified atom stereocenters. The van der Waals surface area contributed by atoms with Crippen molar-refractivity contribution in [3.63, 3.8) is 0 Å². The van der Waals surface area contributed by atoms with E-state index in [1.807, 2.05) is 53.9 Å². The van der Waals surface area contributed by atoms with Gasteiger partial charge >= 0.3 is 0 Å². The van der Waals surface area contributed by atoms with E-state index in [-0.39, 0.29) is 0 Å². The second-order valence-electron chi connectivity index (χ2n) is 5.75. The third kappa shape index (κ3) is 4.46. The van der Waals surface area contributed by atoms with Gasteiger partial charge < -0.3 is 20.1 Å². The molecule has 0 amide bonds. The highest BCUT2D eigenvalue weighted by molar-refractivity contribution is 5.93. The Morgan fingerprint density at radius 3 is 2.74 bits per heavy atom. The molecule has 8 nitrogen and oxygen atoms in total. The predicted molar refractivity (Wildman–Crippen MR) is 106 cm³/mol. The van der Waals surface area contributed by atoms with E-state index in [0.29, 0.717) is 30.4 Å². The maximum absolute atomic E-state index is 5.35. The largest absolute Gasteiger partial charge is 0.493 e. The van der Waals surface area contributed by atoms with Crippen molar-refractivity contribution in [3.8, 4) is 11.5 Å². The van der Waals surface area contributed by atoms with Crippen molar-refractivity contribution >= 4 is 17.3 Å². The number of guanidine groups is 1.